The van der Waals surface area contributed by atoms with Gasteiger partial charge in [0.2, 0.25) is 5.91 Å². The van der Waals surface area contributed by atoms with E-state index in [0.29, 0.717) is 19.7 Å². The van der Waals surface area contributed by atoms with Gasteiger partial charge >= 0.3 is 0 Å². The maximum absolute atomic E-state index is 12.1. The molecule has 5 heteroatoms. The van der Waals surface area contributed by atoms with Gasteiger partial charge in [0.15, 0.2) is 11.5 Å². The minimum Gasteiger partial charge on any atom is -0.486 e. The Hall–Kier alpha value is -2.53. The van der Waals surface area contributed by atoms with Crippen molar-refractivity contribution in [3.8, 4) is 11.5 Å². The van der Waals surface area contributed by atoms with Crippen LogP contribution in [-0.2, 0) is 11.3 Å². The molecular weight excluding hydrogens is 304 g/mol. The fourth-order valence-corrected chi connectivity index (χ4v) is 2.50. The quantitative estimate of drug-likeness (QED) is 0.854. The molecule has 2 aromatic rings. The van der Waals surface area contributed by atoms with E-state index in [1.807, 2.05) is 61.5 Å². The summed E-state index contributed by atoms with van der Waals surface area (Å²) in [6.45, 7) is 3.40. The molecule has 126 valence electrons. The lowest BCUT2D eigenvalue weighted by Crippen LogP contribution is -2.47. The lowest BCUT2D eigenvalue weighted by atomic mass is 10.2. The molecule has 1 heterocycles. The molecule has 3 rings (SSSR count). The second-order valence-electron chi connectivity index (χ2n) is 5.83. The topological polar surface area (TPSA) is 59.6 Å². The summed E-state index contributed by atoms with van der Waals surface area (Å²) < 4.78 is 11.5. The Kier molecular flexibility index (Phi) is 5.33. The minimum absolute atomic E-state index is 0.0315. The van der Waals surface area contributed by atoms with Crippen LogP contribution in [0.3, 0.4) is 0 Å². The van der Waals surface area contributed by atoms with Crippen molar-refractivity contribution < 1.29 is 14.3 Å². The van der Waals surface area contributed by atoms with Crippen LogP contribution in [0.15, 0.2) is 54.6 Å². The molecule has 24 heavy (non-hydrogen) atoms. The molecule has 2 N–H and O–H groups in total. The van der Waals surface area contributed by atoms with Gasteiger partial charge in [-0.2, -0.15) is 0 Å². The Bertz CT molecular complexity index is 675. The summed E-state index contributed by atoms with van der Waals surface area (Å²) in [5, 5.41) is 6.13. The summed E-state index contributed by atoms with van der Waals surface area (Å²) in [6, 6.07) is 17.2. The third-order valence-electron chi connectivity index (χ3n) is 3.92. The highest BCUT2D eigenvalue weighted by molar-refractivity contribution is 5.81. The molecule has 0 saturated carbocycles. The zero-order chi connectivity index (χ0) is 16.8. The van der Waals surface area contributed by atoms with Crippen LogP contribution in [0.1, 0.15) is 12.5 Å². The molecule has 0 fully saturated rings. The van der Waals surface area contributed by atoms with Gasteiger partial charge in [-0.1, -0.05) is 42.5 Å². The lowest BCUT2D eigenvalue weighted by molar-refractivity contribution is -0.123. The molecule has 0 bridgehead atoms. The number of nitrogens with one attached hydrogen (secondary N) is 2. The molecule has 1 aliphatic rings. The van der Waals surface area contributed by atoms with Crippen LogP contribution in [-0.4, -0.2) is 31.2 Å². The number of benzene rings is 2. The average Bonchev–Trinajstić information content (AvgIpc) is 2.64. The number of hydrogen-bond donors (Lipinski definition) is 2. The van der Waals surface area contributed by atoms with Gasteiger partial charge in [0.1, 0.15) is 12.7 Å². The normalized spacial score (nSPS) is 17.1. The van der Waals surface area contributed by atoms with Crippen molar-refractivity contribution in [1.29, 1.82) is 0 Å². The predicted octanol–water partition coefficient (Wildman–Crippen LogP) is 2.12. The fraction of sp³-hybridized carbons (Fsp3) is 0.316. The first-order valence-electron chi connectivity index (χ1n) is 8.16. The van der Waals surface area contributed by atoms with Crippen molar-refractivity contribution in [2.24, 2.45) is 0 Å². The first kappa shape index (κ1) is 16.3. The van der Waals surface area contributed by atoms with Crippen LogP contribution in [0.5, 0.6) is 11.5 Å². The van der Waals surface area contributed by atoms with Crippen LogP contribution >= 0.6 is 0 Å². The first-order valence-corrected chi connectivity index (χ1v) is 8.16. The molecule has 0 aliphatic carbocycles. The molecule has 2 atom stereocenters. The molecular formula is C19H22N2O3. The standard InChI is InChI=1S/C19H22N2O3/c1-14(19(22)21-11-15-7-3-2-4-8-15)20-12-16-13-23-17-9-5-6-10-18(17)24-16/h2-10,14,16,20H,11-13H2,1H3,(H,21,22)/t14-,16+/m0/s1. The third-order valence-corrected chi connectivity index (χ3v) is 3.92. The number of hydrogen-bond acceptors (Lipinski definition) is 4. The molecule has 5 nitrogen and oxygen atoms in total. The number of rotatable bonds is 6. The van der Waals surface area contributed by atoms with E-state index in [9.17, 15) is 4.79 Å². The van der Waals surface area contributed by atoms with Gasteiger partial charge in [0.05, 0.1) is 6.04 Å². The molecule has 0 unspecified atom stereocenters. The van der Waals surface area contributed by atoms with Crippen molar-refractivity contribution >= 4 is 5.91 Å². The Morgan fingerprint density at radius 3 is 2.62 bits per heavy atom. The second kappa shape index (κ2) is 7.84. The largest absolute Gasteiger partial charge is 0.486 e. The number of amides is 1. The number of fused-ring (bicyclic) bond motifs is 1. The molecule has 0 aromatic heterocycles. The minimum atomic E-state index is -0.297. The fourth-order valence-electron chi connectivity index (χ4n) is 2.50. The number of carbonyl (C=O) groups excluding carboxylic acids is 1. The third kappa shape index (κ3) is 4.26. The number of para-hydroxylation sites is 2. The van der Waals surface area contributed by atoms with Crippen LogP contribution < -0.4 is 20.1 Å². The molecule has 0 radical (unpaired) electrons. The highest BCUT2D eigenvalue weighted by Crippen LogP contribution is 2.30. The van der Waals surface area contributed by atoms with E-state index in [4.69, 9.17) is 9.47 Å². The second-order valence-corrected chi connectivity index (χ2v) is 5.83. The predicted molar refractivity (Wildman–Crippen MR) is 92.1 cm³/mol. The van der Waals surface area contributed by atoms with Gasteiger partial charge in [-0.05, 0) is 24.6 Å². The van der Waals surface area contributed by atoms with Gasteiger partial charge in [0, 0.05) is 13.1 Å². The van der Waals surface area contributed by atoms with Crippen LogP contribution in [0, 0.1) is 0 Å². The van der Waals surface area contributed by atoms with E-state index in [1.54, 1.807) is 0 Å². The molecule has 0 spiro atoms. The summed E-state index contributed by atoms with van der Waals surface area (Å²) in [7, 11) is 0. The Morgan fingerprint density at radius 2 is 1.83 bits per heavy atom. The van der Waals surface area contributed by atoms with E-state index < -0.39 is 0 Å². The maximum Gasteiger partial charge on any atom is 0.237 e. The van der Waals surface area contributed by atoms with Crippen molar-refractivity contribution in [3.63, 3.8) is 0 Å². The van der Waals surface area contributed by atoms with E-state index in [-0.39, 0.29) is 18.1 Å². The number of ether oxygens (including phenoxy) is 2. The van der Waals surface area contributed by atoms with Crippen molar-refractivity contribution in [2.45, 2.75) is 25.6 Å². The van der Waals surface area contributed by atoms with Gasteiger partial charge < -0.3 is 20.1 Å². The van der Waals surface area contributed by atoms with Gasteiger partial charge in [0.25, 0.3) is 0 Å². The van der Waals surface area contributed by atoms with E-state index in [0.717, 1.165) is 17.1 Å². The van der Waals surface area contributed by atoms with E-state index >= 15 is 0 Å². The number of carbonyl (C=O) groups is 1. The van der Waals surface area contributed by atoms with Crippen LogP contribution in [0.4, 0.5) is 0 Å². The average molecular weight is 326 g/mol. The SMILES string of the molecule is C[C@H](NC[C@@H]1COc2ccccc2O1)C(=O)NCc1ccccc1. The Labute approximate surface area is 142 Å². The summed E-state index contributed by atoms with van der Waals surface area (Å²) in [5.41, 5.74) is 1.08. The Morgan fingerprint density at radius 1 is 1.12 bits per heavy atom. The van der Waals surface area contributed by atoms with Gasteiger partial charge in [-0.3, -0.25) is 4.79 Å². The molecule has 1 aliphatic heterocycles. The highest BCUT2D eigenvalue weighted by Gasteiger charge is 2.22. The Balaban J connectivity index is 1.42. The zero-order valence-electron chi connectivity index (χ0n) is 13.7. The van der Waals surface area contributed by atoms with Crippen LogP contribution in [0.2, 0.25) is 0 Å². The maximum atomic E-state index is 12.1. The summed E-state index contributed by atoms with van der Waals surface area (Å²) in [5.74, 6) is 1.48. The summed E-state index contributed by atoms with van der Waals surface area (Å²) in [6.07, 6.45) is -0.107. The molecule has 2 aromatic carbocycles. The van der Waals surface area contributed by atoms with Gasteiger partial charge in [-0.25, -0.2) is 0 Å². The zero-order valence-corrected chi connectivity index (χ0v) is 13.7. The van der Waals surface area contributed by atoms with Crippen LogP contribution in [0.25, 0.3) is 0 Å². The van der Waals surface area contributed by atoms with Crippen molar-refractivity contribution in [1.82, 2.24) is 10.6 Å². The van der Waals surface area contributed by atoms with Gasteiger partial charge in [-0.15, -0.1) is 0 Å². The van der Waals surface area contributed by atoms with E-state index in [1.165, 1.54) is 0 Å². The van der Waals surface area contributed by atoms with E-state index in [2.05, 4.69) is 10.6 Å². The van der Waals surface area contributed by atoms with Crippen molar-refractivity contribution in [2.75, 3.05) is 13.2 Å². The summed E-state index contributed by atoms with van der Waals surface area (Å²) >= 11 is 0. The molecule has 1 amide bonds. The molecule has 0 saturated heterocycles. The highest BCUT2D eigenvalue weighted by atomic mass is 16.6. The first-order chi connectivity index (χ1) is 11.7. The smallest absolute Gasteiger partial charge is 0.237 e. The summed E-state index contributed by atoms with van der Waals surface area (Å²) in [4.78, 5) is 12.1. The lowest BCUT2D eigenvalue weighted by Gasteiger charge is -2.27. The van der Waals surface area contributed by atoms with Crippen molar-refractivity contribution in [3.05, 3.63) is 60.2 Å². The monoisotopic (exact) mass is 326 g/mol.